The van der Waals surface area contributed by atoms with Crippen LogP contribution in [0.5, 0.6) is 0 Å². The number of carbonyl (C=O) groups excluding carboxylic acids is 3. The van der Waals surface area contributed by atoms with Gasteiger partial charge in [-0.05, 0) is 22.3 Å². The van der Waals surface area contributed by atoms with E-state index in [0.29, 0.717) is 26.4 Å². The van der Waals surface area contributed by atoms with Gasteiger partial charge in [0.15, 0.2) is 0 Å². The van der Waals surface area contributed by atoms with Crippen LogP contribution in [-0.4, -0.2) is 107 Å². The molecule has 2 aromatic rings. The van der Waals surface area contributed by atoms with Crippen LogP contribution in [0.1, 0.15) is 23.5 Å². The number of nitrogens with one attached hydrogen (secondary N) is 1. The summed E-state index contributed by atoms with van der Waals surface area (Å²) in [4.78, 5) is 48.3. The van der Waals surface area contributed by atoms with Crippen LogP contribution in [0.3, 0.4) is 0 Å². The summed E-state index contributed by atoms with van der Waals surface area (Å²) in [6, 6.07) is 15.7. The second kappa shape index (κ2) is 17.0. The summed E-state index contributed by atoms with van der Waals surface area (Å²) in [5.74, 6) is -2.32. The number of carboxylic acids is 1. The Bertz CT molecular complexity index is 1130. The summed E-state index contributed by atoms with van der Waals surface area (Å²) in [6.45, 7) is 0.797. The minimum atomic E-state index is -1.26. The van der Waals surface area contributed by atoms with Crippen molar-refractivity contribution in [3.8, 4) is 11.1 Å². The van der Waals surface area contributed by atoms with Crippen molar-refractivity contribution < 1.29 is 48.0 Å². The van der Waals surface area contributed by atoms with E-state index in [4.69, 9.17) is 18.9 Å². The number of hydrogen-bond acceptors (Lipinski definition) is 9. The molecule has 1 aliphatic carbocycles. The highest BCUT2D eigenvalue weighted by Crippen LogP contribution is 2.44. The molecule has 0 radical (unpaired) electrons. The highest BCUT2D eigenvalue weighted by atomic mass is 16.6. The standard InChI is InChI=1S/C29H36N2O10/c1-37-28(35)10-12-38-14-16-40-17-15-39-13-11-30-26(32)18-31(19-27(33)34)29(36)41-20-25-23-8-4-2-6-21(23)22-7-3-5-9-24(22)25/h2-9,25H,10-20H2,1H3,(H,30,32)(H,33,34). The zero-order valence-corrected chi connectivity index (χ0v) is 23.0. The zero-order valence-electron chi connectivity index (χ0n) is 23.0. The SMILES string of the molecule is COC(=O)CCOCCOCCOCCNC(=O)CN(CC(=O)O)C(=O)OCC1c2ccccc2-c2ccccc21. The molecule has 12 nitrogen and oxygen atoms in total. The van der Waals surface area contributed by atoms with E-state index in [2.05, 4.69) is 10.1 Å². The number of amides is 2. The molecule has 0 unspecified atom stereocenters. The molecule has 2 amide bonds. The normalized spacial score (nSPS) is 11.8. The molecule has 222 valence electrons. The molecule has 0 saturated carbocycles. The summed E-state index contributed by atoms with van der Waals surface area (Å²) in [7, 11) is 1.32. The van der Waals surface area contributed by atoms with Crippen molar-refractivity contribution in [2.24, 2.45) is 0 Å². The van der Waals surface area contributed by atoms with Gasteiger partial charge in [-0.15, -0.1) is 0 Å². The van der Waals surface area contributed by atoms with Crippen molar-refractivity contribution >= 4 is 23.9 Å². The number of rotatable bonds is 18. The predicted molar refractivity (Wildman–Crippen MR) is 146 cm³/mol. The summed E-state index contributed by atoms with van der Waals surface area (Å²) in [6.07, 6.45) is -0.697. The fourth-order valence-electron chi connectivity index (χ4n) is 4.32. The Morgan fingerprint density at radius 3 is 1.95 bits per heavy atom. The number of esters is 1. The number of fused-ring (bicyclic) bond motifs is 3. The van der Waals surface area contributed by atoms with E-state index < -0.39 is 31.1 Å². The lowest BCUT2D eigenvalue weighted by atomic mass is 9.98. The van der Waals surface area contributed by atoms with E-state index in [0.717, 1.165) is 27.2 Å². The lowest BCUT2D eigenvalue weighted by Crippen LogP contribution is -2.44. The van der Waals surface area contributed by atoms with Crippen molar-refractivity contribution in [3.63, 3.8) is 0 Å². The lowest BCUT2D eigenvalue weighted by molar-refractivity contribution is -0.142. The van der Waals surface area contributed by atoms with Crippen LogP contribution in [0.15, 0.2) is 48.5 Å². The predicted octanol–water partition coefficient (Wildman–Crippen LogP) is 2.05. The fourth-order valence-corrected chi connectivity index (χ4v) is 4.32. The monoisotopic (exact) mass is 572 g/mol. The number of nitrogens with zero attached hydrogens (tertiary/aromatic N) is 1. The highest BCUT2D eigenvalue weighted by Gasteiger charge is 2.30. The molecule has 0 saturated heterocycles. The van der Waals surface area contributed by atoms with Gasteiger partial charge >= 0.3 is 18.0 Å². The molecule has 2 N–H and O–H groups in total. The molecular formula is C29H36N2O10. The molecule has 0 spiro atoms. The van der Waals surface area contributed by atoms with E-state index in [1.54, 1.807) is 0 Å². The summed E-state index contributed by atoms with van der Waals surface area (Å²) in [5.41, 5.74) is 4.19. The Hall–Kier alpha value is -4.00. The van der Waals surface area contributed by atoms with Gasteiger partial charge in [-0.3, -0.25) is 19.3 Å². The summed E-state index contributed by atoms with van der Waals surface area (Å²) in [5, 5.41) is 11.9. The van der Waals surface area contributed by atoms with Gasteiger partial charge in [-0.2, -0.15) is 0 Å². The van der Waals surface area contributed by atoms with Crippen molar-refractivity contribution in [2.45, 2.75) is 12.3 Å². The second-order valence-corrected chi connectivity index (χ2v) is 9.07. The molecule has 12 heteroatoms. The third-order valence-electron chi connectivity index (χ3n) is 6.25. The molecule has 3 rings (SSSR count). The third-order valence-corrected chi connectivity index (χ3v) is 6.25. The van der Waals surface area contributed by atoms with Gasteiger partial charge in [0, 0.05) is 12.5 Å². The smallest absolute Gasteiger partial charge is 0.410 e. The van der Waals surface area contributed by atoms with Gasteiger partial charge < -0.3 is 34.1 Å². The third kappa shape index (κ3) is 10.2. The number of carbonyl (C=O) groups is 4. The Morgan fingerprint density at radius 1 is 0.805 bits per heavy atom. The van der Waals surface area contributed by atoms with Crippen LogP contribution in [-0.2, 0) is 38.1 Å². The maximum Gasteiger partial charge on any atom is 0.410 e. The van der Waals surface area contributed by atoms with Crippen molar-refractivity contribution in [2.75, 3.05) is 73.0 Å². The van der Waals surface area contributed by atoms with E-state index in [-0.39, 0.29) is 44.7 Å². The van der Waals surface area contributed by atoms with E-state index in [1.807, 2.05) is 48.5 Å². The molecule has 0 aliphatic heterocycles. The molecular weight excluding hydrogens is 536 g/mol. The first-order valence-corrected chi connectivity index (χ1v) is 13.3. The van der Waals surface area contributed by atoms with Gasteiger partial charge in [0.05, 0.1) is 53.2 Å². The van der Waals surface area contributed by atoms with E-state index in [1.165, 1.54) is 7.11 Å². The summed E-state index contributed by atoms with van der Waals surface area (Å²) >= 11 is 0. The van der Waals surface area contributed by atoms with E-state index in [9.17, 15) is 24.3 Å². The molecule has 0 aromatic heterocycles. The van der Waals surface area contributed by atoms with Crippen LogP contribution < -0.4 is 5.32 Å². The minimum absolute atomic E-state index is 0.0140. The van der Waals surface area contributed by atoms with Gasteiger partial charge in [0.25, 0.3) is 0 Å². The molecule has 2 aromatic carbocycles. The van der Waals surface area contributed by atoms with Gasteiger partial charge in [-0.1, -0.05) is 48.5 Å². The number of methoxy groups -OCH3 is 1. The van der Waals surface area contributed by atoms with Crippen LogP contribution in [0.25, 0.3) is 11.1 Å². The molecule has 0 bridgehead atoms. The quantitative estimate of drug-likeness (QED) is 0.201. The maximum atomic E-state index is 12.8. The van der Waals surface area contributed by atoms with Gasteiger partial charge in [-0.25, -0.2) is 4.79 Å². The molecule has 1 aliphatic rings. The van der Waals surface area contributed by atoms with Gasteiger partial charge in [0.2, 0.25) is 5.91 Å². The average molecular weight is 573 g/mol. The Kier molecular flexibility index (Phi) is 13.0. The van der Waals surface area contributed by atoms with Crippen molar-refractivity contribution in [3.05, 3.63) is 59.7 Å². The first-order chi connectivity index (χ1) is 19.9. The Labute approximate surface area is 238 Å². The molecule has 0 atom stereocenters. The largest absolute Gasteiger partial charge is 0.480 e. The molecule has 0 heterocycles. The number of ether oxygens (including phenoxy) is 5. The first kappa shape index (κ1) is 31.5. The Morgan fingerprint density at radius 2 is 1.37 bits per heavy atom. The molecule has 41 heavy (non-hydrogen) atoms. The van der Waals surface area contributed by atoms with Gasteiger partial charge in [0.1, 0.15) is 19.7 Å². The average Bonchev–Trinajstić information content (AvgIpc) is 3.29. The first-order valence-electron chi connectivity index (χ1n) is 13.3. The number of hydrogen-bond donors (Lipinski definition) is 2. The minimum Gasteiger partial charge on any atom is -0.480 e. The van der Waals surface area contributed by atoms with Crippen molar-refractivity contribution in [1.29, 1.82) is 0 Å². The second-order valence-electron chi connectivity index (χ2n) is 9.07. The maximum absolute atomic E-state index is 12.8. The number of aliphatic carboxylic acids is 1. The van der Waals surface area contributed by atoms with Crippen LogP contribution in [0.4, 0.5) is 4.79 Å². The van der Waals surface area contributed by atoms with Crippen LogP contribution >= 0.6 is 0 Å². The van der Waals surface area contributed by atoms with Crippen LogP contribution in [0.2, 0.25) is 0 Å². The van der Waals surface area contributed by atoms with Crippen molar-refractivity contribution in [1.82, 2.24) is 10.2 Å². The number of carboxylic acid groups (broad SMARTS) is 1. The zero-order chi connectivity index (χ0) is 29.5. The topological polar surface area (TPSA) is 150 Å². The van der Waals surface area contributed by atoms with Crippen LogP contribution in [0, 0.1) is 0 Å². The Balaban J connectivity index is 1.34. The molecule has 0 fully saturated rings. The highest BCUT2D eigenvalue weighted by molar-refractivity contribution is 5.85. The van der Waals surface area contributed by atoms with E-state index >= 15 is 0 Å². The summed E-state index contributed by atoms with van der Waals surface area (Å²) < 4.78 is 26.0. The lowest BCUT2D eigenvalue weighted by Gasteiger charge is -2.21. The fraction of sp³-hybridized carbons (Fsp3) is 0.448. The number of benzene rings is 2.